The van der Waals surface area contributed by atoms with Crippen LogP contribution < -0.4 is 5.32 Å². The Balaban J connectivity index is 2.08. The van der Waals surface area contributed by atoms with Gasteiger partial charge in [0.25, 0.3) is 0 Å². The Kier molecular flexibility index (Phi) is 7.28. The number of carbonyl (C=O) groups excluding carboxylic acids is 1. The first kappa shape index (κ1) is 20.2. The van der Waals surface area contributed by atoms with Gasteiger partial charge in [0.1, 0.15) is 0 Å². The molecule has 7 heteroatoms. The molecule has 2 unspecified atom stereocenters. The molecular formula is C18H27ClN2O3S. The van der Waals surface area contributed by atoms with Crippen molar-refractivity contribution in [2.24, 2.45) is 5.92 Å². The predicted octanol–water partition coefficient (Wildman–Crippen LogP) is 3.44. The highest BCUT2D eigenvalue weighted by Gasteiger charge is 2.28. The third-order valence-corrected chi connectivity index (χ3v) is 6.81. The van der Waals surface area contributed by atoms with E-state index < -0.39 is 10.0 Å². The number of halogens is 1. The number of carbonyl (C=O) groups is 1. The lowest BCUT2D eigenvalue weighted by molar-refractivity contribution is -0.122. The molecular weight excluding hydrogens is 360 g/mol. The van der Waals surface area contributed by atoms with Gasteiger partial charge in [-0.15, -0.1) is 0 Å². The van der Waals surface area contributed by atoms with E-state index in [1.807, 2.05) is 6.92 Å². The molecule has 2 rings (SSSR count). The second-order valence-electron chi connectivity index (χ2n) is 6.73. The largest absolute Gasteiger partial charge is 0.352 e. The fourth-order valence-electron chi connectivity index (χ4n) is 3.23. The minimum absolute atomic E-state index is 0.142. The lowest BCUT2D eigenvalue weighted by Crippen LogP contribution is -2.47. The quantitative estimate of drug-likeness (QED) is 0.780. The van der Waals surface area contributed by atoms with Gasteiger partial charge >= 0.3 is 0 Å². The van der Waals surface area contributed by atoms with Crippen molar-refractivity contribution in [3.8, 4) is 0 Å². The van der Waals surface area contributed by atoms with Gasteiger partial charge in [-0.3, -0.25) is 4.79 Å². The number of amides is 1. The van der Waals surface area contributed by atoms with Crippen molar-refractivity contribution in [3.63, 3.8) is 0 Å². The predicted molar refractivity (Wildman–Crippen MR) is 100 cm³/mol. The van der Waals surface area contributed by atoms with Crippen molar-refractivity contribution in [1.29, 1.82) is 0 Å². The van der Waals surface area contributed by atoms with Crippen LogP contribution in [0.25, 0.3) is 0 Å². The fourth-order valence-corrected chi connectivity index (χ4v) is 4.85. The van der Waals surface area contributed by atoms with Crippen LogP contribution in [0, 0.1) is 5.92 Å². The second kappa shape index (κ2) is 9.01. The normalized spacial score (nSPS) is 21.3. The summed E-state index contributed by atoms with van der Waals surface area (Å²) in [5.41, 5.74) is 0. The molecule has 1 aromatic rings. The van der Waals surface area contributed by atoms with Crippen LogP contribution in [0.15, 0.2) is 29.2 Å². The van der Waals surface area contributed by atoms with Crippen molar-refractivity contribution in [2.45, 2.75) is 56.9 Å². The SMILES string of the molecule is CCCN(CC(=O)NC1CCCCC1C)S(=O)(=O)c1ccc(Cl)cc1. The van der Waals surface area contributed by atoms with Gasteiger partial charge in [0.2, 0.25) is 15.9 Å². The molecule has 1 fully saturated rings. The van der Waals surface area contributed by atoms with Crippen molar-refractivity contribution in [3.05, 3.63) is 29.3 Å². The lowest BCUT2D eigenvalue weighted by atomic mass is 9.86. The number of hydrogen-bond donors (Lipinski definition) is 1. The minimum Gasteiger partial charge on any atom is -0.352 e. The number of hydrogen-bond acceptors (Lipinski definition) is 3. The van der Waals surface area contributed by atoms with E-state index in [1.54, 1.807) is 12.1 Å². The molecule has 1 aliphatic carbocycles. The van der Waals surface area contributed by atoms with Crippen LogP contribution >= 0.6 is 11.6 Å². The van der Waals surface area contributed by atoms with Gasteiger partial charge in [-0.05, 0) is 49.4 Å². The summed E-state index contributed by atoms with van der Waals surface area (Å²) in [5.74, 6) is 0.204. The zero-order valence-corrected chi connectivity index (χ0v) is 16.4. The molecule has 0 aromatic heterocycles. The maximum absolute atomic E-state index is 12.8. The van der Waals surface area contributed by atoms with Gasteiger partial charge in [0, 0.05) is 17.6 Å². The summed E-state index contributed by atoms with van der Waals surface area (Å²) < 4.78 is 26.9. The van der Waals surface area contributed by atoms with Crippen LogP contribution in [-0.4, -0.2) is 37.8 Å². The summed E-state index contributed by atoms with van der Waals surface area (Å²) in [6.07, 6.45) is 5.01. The smallest absolute Gasteiger partial charge is 0.243 e. The highest BCUT2D eigenvalue weighted by molar-refractivity contribution is 7.89. The molecule has 0 spiro atoms. The van der Waals surface area contributed by atoms with Gasteiger partial charge in [-0.25, -0.2) is 8.42 Å². The minimum atomic E-state index is -3.72. The number of rotatable bonds is 7. The van der Waals surface area contributed by atoms with Crippen molar-refractivity contribution in [1.82, 2.24) is 9.62 Å². The Hall–Kier alpha value is -1.11. The van der Waals surface area contributed by atoms with E-state index in [2.05, 4.69) is 12.2 Å². The first-order valence-electron chi connectivity index (χ1n) is 8.89. The summed E-state index contributed by atoms with van der Waals surface area (Å²) in [6, 6.07) is 6.18. The Morgan fingerprint density at radius 2 is 1.88 bits per heavy atom. The third-order valence-electron chi connectivity index (χ3n) is 4.70. The Morgan fingerprint density at radius 3 is 2.48 bits per heavy atom. The first-order chi connectivity index (χ1) is 11.8. The van der Waals surface area contributed by atoms with Crippen molar-refractivity contribution < 1.29 is 13.2 Å². The summed E-state index contributed by atoms with van der Waals surface area (Å²) in [4.78, 5) is 12.6. The van der Waals surface area contributed by atoms with Crippen molar-refractivity contribution >= 4 is 27.5 Å². The fraction of sp³-hybridized carbons (Fsp3) is 0.611. The van der Waals surface area contributed by atoms with E-state index in [0.29, 0.717) is 23.9 Å². The molecule has 1 aliphatic rings. The van der Waals surface area contributed by atoms with Gasteiger partial charge in [0.05, 0.1) is 11.4 Å². The summed E-state index contributed by atoms with van der Waals surface area (Å²) in [5, 5.41) is 3.50. The van der Waals surface area contributed by atoms with Gasteiger partial charge in [-0.1, -0.05) is 38.3 Å². The van der Waals surface area contributed by atoms with Crippen LogP contribution in [0.4, 0.5) is 0 Å². The molecule has 1 N–H and O–H groups in total. The van der Waals surface area contributed by atoms with Crippen LogP contribution in [0.5, 0.6) is 0 Å². The maximum Gasteiger partial charge on any atom is 0.243 e. The highest BCUT2D eigenvalue weighted by Crippen LogP contribution is 2.24. The lowest BCUT2D eigenvalue weighted by Gasteiger charge is -2.30. The van der Waals surface area contributed by atoms with Gasteiger partial charge in [-0.2, -0.15) is 4.31 Å². The number of sulfonamides is 1. The molecule has 1 saturated carbocycles. The van der Waals surface area contributed by atoms with E-state index >= 15 is 0 Å². The Labute approximate surface area is 155 Å². The number of benzene rings is 1. The maximum atomic E-state index is 12.8. The molecule has 0 bridgehead atoms. The van der Waals surface area contributed by atoms with E-state index in [1.165, 1.54) is 22.9 Å². The van der Waals surface area contributed by atoms with E-state index in [0.717, 1.165) is 19.3 Å². The molecule has 140 valence electrons. The molecule has 0 radical (unpaired) electrons. The van der Waals surface area contributed by atoms with E-state index in [9.17, 15) is 13.2 Å². The molecule has 0 heterocycles. The molecule has 5 nitrogen and oxygen atoms in total. The van der Waals surface area contributed by atoms with Crippen LogP contribution in [0.3, 0.4) is 0 Å². The molecule has 1 amide bonds. The summed E-state index contributed by atoms with van der Waals surface area (Å²) in [6.45, 7) is 4.19. The first-order valence-corrected chi connectivity index (χ1v) is 10.7. The van der Waals surface area contributed by atoms with Crippen molar-refractivity contribution in [2.75, 3.05) is 13.1 Å². The van der Waals surface area contributed by atoms with Gasteiger partial charge < -0.3 is 5.32 Å². The van der Waals surface area contributed by atoms with Crippen LogP contribution in [-0.2, 0) is 14.8 Å². The van der Waals surface area contributed by atoms with E-state index in [4.69, 9.17) is 11.6 Å². The molecule has 1 aromatic carbocycles. The van der Waals surface area contributed by atoms with Gasteiger partial charge in [0.15, 0.2) is 0 Å². The second-order valence-corrected chi connectivity index (χ2v) is 9.10. The Bertz CT molecular complexity index is 676. The zero-order chi connectivity index (χ0) is 18.4. The monoisotopic (exact) mass is 386 g/mol. The number of nitrogens with zero attached hydrogens (tertiary/aromatic N) is 1. The molecule has 0 aliphatic heterocycles. The third kappa shape index (κ3) is 5.43. The van der Waals surface area contributed by atoms with Crippen LogP contribution in [0.1, 0.15) is 46.0 Å². The zero-order valence-electron chi connectivity index (χ0n) is 14.9. The Morgan fingerprint density at radius 1 is 1.24 bits per heavy atom. The average molecular weight is 387 g/mol. The molecule has 2 atom stereocenters. The number of nitrogens with one attached hydrogen (secondary N) is 1. The highest BCUT2D eigenvalue weighted by atomic mass is 35.5. The molecule has 25 heavy (non-hydrogen) atoms. The topological polar surface area (TPSA) is 66.5 Å². The van der Waals surface area contributed by atoms with Crippen LogP contribution in [0.2, 0.25) is 5.02 Å². The average Bonchev–Trinajstić information content (AvgIpc) is 2.57. The van der Waals surface area contributed by atoms with E-state index in [-0.39, 0.29) is 23.4 Å². The molecule has 0 saturated heterocycles. The standard InChI is InChI=1S/C18H27ClN2O3S/c1-3-12-21(25(23,24)16-10-8-15(19)9-11-16)13-18(22)20-17-7-5-4-6-14(17)2/h8-11,14,17H,3-7,12-13H2,1-2H3,(H,20,22). The summed E-state index contributed by atoms with van der Waals surface area (Å²) >= 11 is 5.84. The summed E-state index contributed by atoms with van der Waals surface area (Å²) in [7, 11) is -3.72.